The Labute approximate surface area is 116 Å². The Hall–Kier alpha value is -2.45. The van der Waals surface area contributed by atoms with Crippen molar-refractivity contribution >= 4 is 0 Å². The molecular weight excluding hydrogens is 257 g/mol. The van der Waals surface area contributed by atoms with E-state index in [4.69, 9.17) is 10.00 Å². The summed E-state index contributed by atoms with van der Waals surface area (Å²) >= 11 is 0. The van der Waals surface area contributed by atoms with Crippen LogP contribution < -0.4 is 10.1 Å². The minimum absolute atomic E-state index is 0.0586. The quantitative estimate of drug-likeness (QED) is 0.907. The lowest BCUT2D eigenvalue weighted by Crippen LogP contribution is -2.14. The van der Waals surface area contributed by atoms with Gasteiger partial charge in [0.15, 0.2) is 0 Å². The van der Waals surface area contributed by atoms with E-state index in [1.54, 1.807) is 25.4 Å². The predicted octanol–water partition coefficient (Wildman–Crippen LogP) is 2.39. The molecule has 5 heteroatoms. The van der Waals surface area contributed by atoms with Crippen LogP contribution in [0.4, 0.5) is 4.39 Å². The van der Waals surface area contributed by atoms with Crippen LogP contribution in [0.5, 0.6) is 5.88 Å². The predicted molar refractivity (Wildman–Crippen MR) is 72.4 cm³/mol. The van der Waals surface area contributed by atoms with Crippen molar-refractivity contribution in [2.45, 2.75) is 13.1 Å². The fourth-order valence-corrected chi connectivity index (χ4v) is 1.85. The van der Waals surface area contributed by atoms with Gasteiger partial charge in [-0.15, -0.1) is 0 Å². The summed E-state index contributed by atoms with van der Waals surface area (Å²) in [5.74, 6) is 0.0852. The number of nitrogens with one attached hydrogen (secondary N) is 1. The molecule has 0 radical (unpaired) electrons. The zero-order valence-electron chi connectivity index (χ0n) is 11.1. The number of nitrogens with zero attached hydrogens (tertiary/aromatic N) is 2. The number of benzene rings is 1. The third-order valence-corrected chi connectivity index (χ3v) is 2.84. The molecule has 1 N–H and O–H groups in total. The highest BCUT2D eigenvalue weighted by molar-refractivity contribution is 5.34. The summed E-state index contributed by atoms with van der Waals surface area (Å²) < 4.78 is 18.3. The fourth-order valence-electron chi connectivity index (χ4n) is 1.85. The number of hydrogen-bond acceptors (Lipinski definition) is 4. The normalized spacial score (nSPS) is 10.1. The SMILES string of the molecule is COc1ncccc1CNCc1ccc(F)c(C#N)c1. The number of hydrogen-bond donors (Lipinski definition) is 1. The zero-order valence-corrected chi connectivity index (χ0v) is 11.1. The van der Waals surface area contributed by atoms with E-state index in [2.05, 4.69) is 10.3 Å². The summed E-state index contributed by atoms with van der Waals surface area (Å²) in [5, 5.41) is 12.0. The molecule has 0 aliphatic heterocycles. The summed E-state index contributed by atoms with van der Waals surface area (Å²) in [6, 6.07) is 10.1. The molecule has 0 unspecified atom stereocenters. The number of ether oxygens (including phenoxy) is 1. The first-order valence-electron chi connectivity index (χ1n) is 6.11. The van der Waals surface area contributed by atoms with Crippen LogP contribution in [-0.4, -0.2) is 12.1 Å². The van der Waals surface area contributed by atoms with E-state index in [1.807, 2.05) is 18.2 Å². The van der Waals surface area contributed by atoms with Crippen molar-refractivity contribution in [2.24, 2.45) is 0 Å². The molecule has 0 bridgehead atoms. The van der Waals surface area contributed by atoms with Gasteiger partial charge in [0.1, 0.15) is 11.9 Å². The topological polar surface area (TPSA) is 57.9 Å². The smallest absolute Gasteiger partial charge is 0.217 e. The van der Waals surface area contributed by atoms with Crippen LogP contribution in [0, 0.1) is 17.1 Å². The molecule has 4 nitrogen and oxygen atoms in total. The third-order valence-electron chi connectivity index (χ3n) is 2.84. The molecule has 0 fully saturated rings. The number of rotatable bonds is 5. The van der Waals surface area contributed by atoms with Gasteiger partial charge in [0.25, 0.3) is 0 Å². The van der Waals surface area contributed by atoms with Crippen LogP contribution in [0.1, 0.15) is 16.7 Å². The van der Waals surface area contributed by atoms with Crippen LogP contribution in [0.15, 0.2) is 36.5 Å². The number of methoxy groups -OCH3 is 1. The van der Waals surface area contributed by atoms with Gasteiger partial charge < -0.3 is 10.1 Å². The molecule has 0 atom stereocenters. The minimum atomic E-state index is -0.495. The molecule has 1 aromatic heterocycles. The summed E-state index contributed by atoms with van der Waals surface area (Å²) in [6.07, 6.45) is 1.67. The highest BCUT2D eigenvalue weighted by atomic mass is 19.1. The van der Waals surface area contributed by atoms with E-state index in [1.165, 1.54) is 6.07 Å². The number of pyridine rings is 1. The molecule has 20 heavy (non-hydrogen) atoms. The number of nitriles is 1. The van der Waals surface area contributed by atoms with Crippen molar-refractivity contribution in [3.8, 4) is 11.9 Å². The molecule has 0 amide bonds. The van der Waals surface area contributed by atoms with Gasteiger partial charge in [0.2, 0.25) is 5.88 Å². The second-order valence-electron chi connectivity index (χ2n) is 4.20. The lowest BCUT2D eigenvalue weighted by molar-refractivity contribution is 0.390. The molecule has 0 spiro atoms. The first kappa shape index (κ1) is 14.0. The van der Waals surface area contributed by atoms with E-state index in [0.717, 1.165) is 11.1 Å². The number of aromatic nitrogens is 1. The monoisotopic (exact) mass is 271 g/mol. The molecule has 1 heterocycles. The van der Waals surface area contributed by atoms with Gasteiger partial charge in [-0.2, -0.15) is 5.26 Å². The standard InChI is InChI=1S/C15H14FN3O/c1-20-15-12(3-2-6-19-15)10-18-9-11-4-5-14(16)13(7-11)8-17/h2-7,18H,9-10H2,1H3. The first-order valence-corrected chi connectivity index (χ1v) is 6.11. The van der Waals surface area contributed by atoms with E-state index < -0.39 is 5.82 Å². The Bertz CT molecular complexity index is 637. The Balaban J connectivity index is 1.98. The van der Waals surface area contributed by atoms with E-state index in [9.17, 15) is 4.39 Å². The van der Waals surface area contributed by atoms with Crippen molar-refractivity contribution in [2.75, 3.05) is 7.11 Å². The highest BCUT2D eigenvalue weighted by Gasteiger charge is 2.04. The van der Waals surface area contributed by atoms with E-state index in [0.29, 0.717) is 19.0 Å². The Morgan fingerprint density at radius 1 is 1.35 bits per heavy atom. The Kier molecular flexibility index (Phi) is 4.64. The van der Waals surface area contributed by atoms with Crippen molar-refractivity contribution in [1.29, 1.82) is 5.26 Å². The molecule has 1 aromatic carbocycles. The lowest BCUT2D eigenvalue weighted by atomic mass is 10.1. The second-order valence-corrected chi connectivity index (χ2v) is 4.20. The molecule has 0 aliphatic rings. The molecule has 2 aromatic rings. The fraction of sp³-hybridized carbons (Fsp3) is 0.200. The van der Waals surface area contributed by atoms with Crippen molar-refractivity contribution < 1.29 is 9.13 Å². The molecular formula is C15H14FN3O. The van der Waals surface area contributed by atoms with E-state index >= 15 is 0 Å². The van der Waals surface area contributed by atoms with Crippen LogP contribution in [0.25, 0.3) is 0 Å². The highest BCUT2D eigenvalue weighted by Crippen LogP contribution is 2.14. The molecule has 2 rings (SSSR count). The summed E-state index contributed by atoms with van der Waals surface area (Å²) in [6.45, 7) is 1.11. The maximum atomic E-state index is 13.2. The number of halogens is 1. The Morgan fingerprint density at radius 2 is 2.20 bits per heavy atom. The molecule has 102 valence electrons. The average molecular weight is 271 g/mol. The van der Waals surface area contributed by atoms with Crippen LogP contribution >= 0.6 is 0 Å². The Morgan fingerprint density at radius 3 is 2.95 bits per heavy atom. The maximum Gasteiger partial charge on any atom is 0.217 e. The van der Waals surface area contributed by atoms with Gasteiger partial charge >= 0.3 is 0 Å². The van der Waals surface area contributed by atoms with Gasteiger partial charge in [-0.3, -0.25) is 0 Å². The van der Waals surface area contributed by atoms with E-state index in [-0.39, 0.29) is 5.56 Å². The lowest BCUT2D eigenvalue weighted by Gasteiger charge is -2.08. The van der Waals surface area contributed by atoms with Gasteiger partial charge in [-0.25, -0.2) is 9.37 Å². The van der Waals surface area contributed by atoms with Crippen LogP contribution in [0.2, 0.25) is 0 Å². The third kappa shape index (κ3) is 3.31. The summed E-state index contributed by atoms with van der Waals surface area (Å²) in [5.41, 5.74) is 1.85. The van der Waals surface area contributed by atoms with Crippen LogP contribution in [0.3, 0.4) is 0 Å². The van der Waals surface area contributed by atoms with Crippen molar-refractivity contribution in [3.63, 3.8) is 0 Å². The van der Waals surface area contributed by atoms with Gasteiger partial charge in [0.05, 0.1) is 12.7 Å². The van der Waals surface area contributed by atoms with Gasteiger partial charge in [-0.1, -0.05) is 12.1 Å². The molecule has 0 saturated heterocycles. The summed E-state index contributed by atoms with van der Waals surface area (Å²) in [7, 11) is 1.57. The zero-order chi connectivity index (χ0) is 14.4. The summed E-state index contributed by atoms with van der Waals surface area (Å²) in [4.78, 5) is 4.11. The first-order chi connectivity index (χ1) is 9.74. The van der Waals surface area contributed by atoms with Gasteiger partial charge in [0, 0.05) is 24.8 Å². The second kappa shape index (κ2) is 6.64. The maximum absolute atomic E-state index is 13.2. The van der Waals surface area contributed by atoms with Gasteiger partial charge in [-0.05, 0) is 23.8 Å². The van der Waals surface area contributed by atoms with Crippen molar-refractivity contribution in [1.82, 2.24) is 10.3 Å². The van der Waals surface area contributed by atoms with Crippen LogP contribution in [-0.2, 0) is 13.1 Å². The largest absolute Gasteiger partial charge is 0.481 e. The van der Waals surface area contributed by atoms with Crippen molar-refractivity contribution in [3.05, 3.63) is 59.0 Å². The molecule has 0 aliphatic carbocycles. The molecule has 0 saturated carbocycles. The average Bonchev–Trinajstić information content (AvgIpc) is 2.49. The minimum Gasteiger partial charge on any atom is -0.481 e.